The lowest BCUT2D eigenvalue weighted by Crippen LogP contribution is -2.52. The molecule has 3 N–H and O–H groups in total. The van der Waals surface area contributed by atoms with Crippen molar-refractivity contribution in [1.82, 2.24) is 9.80 Å². The van der Waals surface area contributed by atoms with E-state index in [1.165, 1.54) is 23.3 Å². The molecular formula is C26H26N4O3. The molecule has 168 valence electrons. The third-order valence-corrected chi connectivity index (χ3v) is 5.82. The predicted octanol–water partition coefficient (Wildman–Crippen LogP) is 2.66. The van der Waals surface area contributed by atoms with Gasteiger partial charge in [-0.05, 0) is 35.4 Å². The fraction of sp³-hybridized carbons (Fsp3) is 0.192. The lowest BCUT2D eigenvalue weighted by Gasteiger charge is -2.39. The number of nitrogens with two attached hydrogens (primary N) is 1. The van der Waals surface area contributed by atoms with Gasteiger partial charge in [-0.3, -0.25) is 19.3 Å². The monoisotopic (exact) mass is 442 g/mol. The average Bonchev–Trinajstić information content (AvgIpc) is 2.86. The minimum absolute atomic E-state index is 0.0854. The Labute approximate surface area is 192 Å². The first kappa shape index (κ1) is 22.2. The molecule has 0 unspecified atom stereocenters. The van der Waals surface area contributed by atoms with Gasteiger partial charge in [-0.25, -0.2) is 0 Å². The molecule has 3 amide bonds. The summed E-state index contributed by atoms with van der Waals surface area (Å²) in [6.07, 6.45) is 0. The van der Waals surface area contributed by atoms with Crippen molar-refractivity contribution in [2.24, 2.45) is 5.73 Å². The van der Waals surface area contributed by atoms with Gasteiger partial charge in [-0.15, -0.1) is 0 Å². The van der Waals surface area contributed by atoms with E-state index in [9.17, 15) is 14.4 Å². The van der Waals surface area contributed by atoms with E-state index in [0.29, 0.717) is 37.4 Å². The van der Waals surface area contributed by atoms with E-state index in [1.807, 2.05) is 36.4 Å². The number of benzene rings is 3. The molecular weight excluding hydrogens is 416 g/mol. The largest absolute Gasteiger partial charge is 0.366 e. The van der Waals surface area contributed by atoms with E-state index >= 15 is 0 Å². The molecule has 7 nitrogen and oxygen atoms in total. The maximum absolute atomic E-state index is 12.7. The highest BCUT2D eigenvalue weighted by Crippen LogP contribution is 2.29. The van der Waals surface area contributed by atoms with Crippen molar-refractivity contribution >= 4 is 23.4 Å². The Kier molecular flexibility index (Phi) is 6.80. The highest BCUT2D eigenvalue weighted by atomic mass is 16.2. The normalized spacial score (nSPS) is 14.2. The second-order valence-corrected chi connectivity index (χ2v) is 7.95. The van der Waals surface area contributed by atoms with Gasteiger partial charge >= 0.3 is 11.8 Å². The number of carbonyl (C=O) groups is 3. The fourth-order valence-corrected chi connectivity index (χ4v) is 4.11. The molecule has 4 rings (SSSR count). The molecule has 3 aromatic rings. The van der Waals surface area contributed by atoms with Gasteiger partial charge in [0.2, 0.25) is 5.91 Å². The Morgan fingerprint density at radius 3 is 1.73 bits per heavy atom. The minimum atomic E-state index is -0.696. The van der Waals surface area contributed by atoms with E-state index in [-0.39, 0.29) is 6.04 Å². The number of nitrogens with zero attached hydrogens (tertiary/aromatic N) is 2. The number of primary amides is 1. The summed E-state index contributed by atoms with van der Waals surface area (Å²) < 4.78 is 0. The number of nitrogens with one attached hydrogen (secondary N) is 1. The zero-order valence-corrected chi connectivity index (χ0v) is 18.2. The number of carbonyl (C=O) groups excluding carboxylic acids is 3. The lowest BCUT2D eigenvalue weighted by atomic mass is 9.96. The smallest absolute Gasteiger partial charge is 0.313 e. The van der Waals surface area contributed by atoms with Crippen molar-refractivity contribution in [3.63, 3.8) is 0 Å². The third-order valence-electron chi connectivity index (χ3n) is 5.82. The zero-order valence-electron chi connectivity index (χ0n) is 18.2. The van der Waals surface area contributed by atoms with E-state index < -0.39 is 17.7 Å². The number of rotatable bonds is 5. The van der Waals surface area contributed by atoms with Crippen LogP contribution in [-0.2, 0) is 9.59 Å². The first-order valence-electron chi connectivity index (χ1n) is 10.9. The summed E-state index contributed by atoms with van der Waals surface area (Å²) >= 11 is 0. The van der Waals surface area contributed by atoms with Gasteiger partial charge in [0.1, 0.15) is 0 Å². The Bertz CT molecular complexity index is 1070. The molecule has 1 aliphatic rings. The van der Waals surface area contributed by atoms with Gasteiger partial charge in [0.15, 0.2) is 0 Å². The maximum Gasteiger partial charge on any atom is 0.313 e. The Morgan fingerprint density at radius 2 is 1.24 bits per heavy atom. The molecule has 0 atom stereocenters. The SMILES string of the molecule is NC(=O)c1ccc(NC(=O)C(=O)N2CCN(C(c3ccccc3)c3ccccc3)CC2)cc1. The highest BCUT2D eigenvalue weighted by Gasteiger charge is 2.30. The average molecular weight is 443 g/mol. The topological polar surface area (TPSA) is 95.7 Å². The van der Waals surface area contributed by atoms with Crippen LogP contribution in [0.2, 0.25) is 0 Å². The molecule has 1 aliphatic heterocycles. The molecule has 1 heterocycles. The molecule has 1 fully saturated rings. The quantitative estimate of drug-likeness (QED) is 0.594. The van der Waals surface area contributed by atoms with Crippen molar-refractivity contribution in [3.8, 4) is 0 Å². The number of piperazine rings is 1. The molecule has 0 radical (unpaired) electrons. The second kappa shape index (κ2) is 10.1. The van der Waals surface area contributed by atoms with Crippen LogP contribution in [0.3, 0.4) is 0 Å². The Hall–Kier alpha value is -3.97. The van der Waals surface area contributed by atoms with Gasteiger partial charge in [-0.1, -0.05) is 60.7 Å². The van der Waals surface area contributed by atoms with Gasteiger partial charge in [-0.2, -0.15) is 0 Å². The van der Waals surface area contributed by atoms with E-state index in [2.05, 4.69) is 34.5 Å². The molecule has 3 aromatic carbocycles. The summed E-state index contributed by atoms with van der Waals surface area (Å²) in [7, 11) is 0. The van der Waals surface area contributed by atoms with Gasteiger partial charge < -0.3 is 16.0 Å². The van der Waals surface area contributed by atoms with Gasteiger partial charge in [0.25, 0.3) is 0 Å². The number of hydrogen-bond acceptors (Lipinski definition) is 4. The van der Waals surface area contributed by atoms with Crippen LogP contribution >= 0.6 is 0 Å². The molecule has 0 saturated carbocycles. The zero-order chi connectivity index (χ0) is 23.2. The van der Waals surface area contributed by atoms with Crippen LogP contribution in [0.4, 0.5) is 5.69 Å². The summed E-state index contributed by atoms with van der Waals surface area (Å²) in [6.45, 7) is 2.23. The van der Waals surface area contributed by atoms with Crippen LogP contribution in [0, 0.1) is 0 Å². The molecule has 0 spiro atoms. The summed E-state index contributed by atoms with van der Waals surface area (Å²) in [6, 6.07) is 26.8. The van der Waals surface area contributed by atoms with Gasteiger partial charge in [0, 0.05) is 37.4 Å². The molecule has 7 heteroatoms. The van der Waals surface area contributed by atoms with Crippen molar-refractivity contribution in [2.75, 3.05) is 31.5 Å². The number of hydrogen-bond donors (Lipinski definition) is 2. The first-order chi connectivity index (χ1) is 16.0. The minimum Gasteiger partial charge on any atom is -0.366 e. The molecule has 1 saturated heterocycles. The van der Waals surface area contributed by atoms with Crippen LogP contribution in [0.1, 0.15) is 27.5 Å². The van der Waals surface area contributed by atoms with Crippen molar-refractivity contribution in [2.45, 2.75) is 6.04 Å². The lowest BCUT2D eigenvalue weighted by molar-refractivity contribution is -0.144. The van der Waals surface area contributed by atoms with Crippen LogP contribution in [-0.4, -0.2) is 53.7 Å². The molecule has 0 aliphatic carbocycles. The third kappa shape index (κ3) is 5.27. The fourth-order valence-electron chi connectivity index (χ4n) is 4.11. The van der Waals surface area contributed by atoms with Crippen LogP contribution < -0.4 is 11.1 Å². The van der Waals surface area contributed by atoms with Crippen molar-refractivity contribution in [3.05, 3.63) is 102 Å². The van der Waals surface area contributed by atoms with Crippen molar-refractivity contribution < 1.29 is 14.4 Å². The number of amides is 3. The van der Waals surface area contributed by atoms with Crippen LogP contribution in [0.5, 0.6) is 0 Å². The van der Waals surface area contributed by atoms with Gasteiger partial charge in [0.05, 0.1) is 6.04 Å². The second-order valence-electron chi connectivity index (χ2n) is 7.95. The summed E-state index contributed by atoms with van der Waals surface area (Å²) in [4.78, 5) is 40.3. The standard InChI is InChI=1S/C26H26N4O3/c27-24(31)21-11-13-22(14-12-21)28-25(32)26(33)30-17-15-29(16-18-30)23(19-7-3-1-4-8-19)20-9-5-2-6-10-20/h1-14,23H,15-18H2,(H2,27,31)(H,28,32). The van der Waals surface area contributed by atoms with E-state index in [1.54, 1.807) is 17.0 Å². The summed E-state index contributed by atoms with van der Waals surface area (Å²) in [5, 5.41) is 2.59. The predicted molar refractivity (Wildman–Crippen MR) is 126 cm³/mol. The summed E-state index contributed by atoms with van der Waals surface area (Å²) in [5.74, 6) is -1.81. The highest BCUT2D eigenvalue weighted by molar-refractivity contribution is 6.39. The van der Waals surface area contributed by atoms with E-state index in [4.69, 9.17) is 5.73 Å². The van der Waals surface area contributed by atoms with Crippen LogP contribution in [0.15, 0.2) is 84.9 Å². The maximum atomic E-state index is 12.7. The van der Waals surface area contributed by atoms with Crippen LogP contribution in [0.25, 0.3) is 0 Å². The molecule has 33 heavy (non-hydrogen) atoms. The Balaban J connectivity index is 1.40. The Morgan fingerprint density at radius 1 is 0.727 bits per heavy atom. The molecule has 0 bridgehead atoms. The van der Waals surface area contributed by atoms with Crippen molar-refractivity contribution in [1.29, 1.82) is 0 Å². The van der Waals surface area contributed by atoms with E-state index in [0.717, 1.165) is 0 Å². The summed E-state index contributed by atoms with van der Waals surface area (Å²) in [5.41, 5.74) is 8.39. The first-order valence-corrected chi connectivity index (χ1v) is 10.9. The molecule has 0 aromatic heterocycles. The number of anilines is 1.